The van der Waals surface area contributed by atoms with Crippen molar-refractivity contribution in [1.82, 2.24) is 10.0 Å². The fraction of sp³-hybridized carbons (Fsp3) is 0. The Morgan fingerprint density at radius 3 is 3.09 bits per heavy atom. The second kappa shape index (κ2) is 1.95. The smallest absolute Gasteiger partial charge is 0.104 e. The number of hydrogen-bond acceptors (Lipinski definition) is 2. The molecule has 0 unspecified atom stereocenters. The van der Waals surface area contributed by atoms with E-state index >= 15 is 0 Å². The normalized spacial score (nSPS) is 10.6. The Labute approximate surface area is 62.2 Å². The molecule has 0 aliphatic heterocycles. The summed E-state index contributed by atoms with van der Waals surface area (Å²) >= 11 is 0. The highest BCUT2D eigenvalue weighted by atomic mass is 19.2. The summed E-state index contributed by atoms with van der Waals surface area (Å²) in [5.41, 5.74) is 6.53. The highest BCUT2D eigenvalue weighted by Gasteiger charge is 1.99. The van der Waals surface area contributed by atoms with E-state index in [1.54, 1.807) is 18.2 Å². The molecule has 0 spiro atoms. The van der Waals surface area contributed by atoms with Gasteiger partial charge in [-0.05, 0) is 18.2 Å². The van der Waals surface area contributed by atoms with Gasteiger partial charge in [-0.25, -0.2) is 0 Å². The molecular weight excluding hydrogens is 145 g/mol. The van der Waals surface area contributed by atoms with Crippen LogP contribution in [0.15, 0.2) is 24.4 Å². The minimum Gasteiger partial charge on any atom is -0.399 e. The van der Waals surface area contributed by atoms with Crippen LogP contribution in [0.3, 0.4) is 0 Å². The zero-order chi connectivity index (χ0) is 7.84. The Kier molecular flexibility index (Phi) is 1.09. The van der Waals surface area contributed by atoms with E-state index in [4.69, 9.17) is 5.73 Å². The van der Waals surface area contributed by atoms with E-state index in [1.807, 2.05) is 0 Å². The van der Waals surface area contributed by atoms with Crippen LogP contribution in [-0.2, 0) is 0 Å². The molecule has 2 rings (SSSR count). The van der Waals surface area contributed by atoms with Crippen LogP contribution in [0.1, 0.15) is 0 Å². The third kappa shape index (κ3) is 0.832. The fourth-order valence-corrected chi connectivity index (χ4v) is 1.02. The minimum atomic E-state index is 0.328. The first kappa shape index (κ1) is 6.15. The molecule has 2 N–H and O–H groups in total. The predicted molar refractivity (Wildman–Crippen MR) is 40.7 cm³/mol. The Hall–Kier alpha value is -1.58. The number of nitrogen functional groups attached to an aromatic ring is 1. The predicted octanol–water partition coefficient (Wildman–Crippen LogP) is 1.35. The highest BCUT2D eigenvalue weighted by Crippen LogP contribution is 2.16. The lowest BCUT2D eigenvalue weighted by Gasteiger charge is -1.91. The van der Waals surface area contributed by atoms with Gasteiger partial charge in [0.25, 0.3) is 0 Å². The van der Waals surface area contributed by atoms with Crippen molar-refractivity contribution in [2.24, 2.45) is 0 Å². The second-order valence-corrected chi connectivity index (χ2v) is 2.32. The first-order valence-corrected chi connectivity index (χ1v) is 3.17. The molecule has 56 valence electrons. The van der Waals surface area contributed by atoms with Crippen molar-refractivity contribution < 1.29 is 4.48 Å². The van der Waals surface area contributed by atoms with Crippen molar-refractivity contribution in [1.29, 1.82) is 0 Å². The largest absolute Gasteiger partial charge is 0.399 e. The number of rotatable bonds is 0. The molecule has 0 atom stereocenters. The SMILES string of the molecule is Nc1ccc2c(cnn2F)c1. The van der Waals surface area contributed by atoms with E-state index in [0.717, 1.165) is 0 Å². The summed E-state index contributed by atoms with van der Waals surface area (Å²) < 4.78 is 12.6. The maximum absolute atomic E-state index is 12.6. The molecule has 0 aliphatic carbocycles. The molecule has 4 heteroatoms. The van der Waals surface area contributed by atoms with E-state index in [2.05, 4.69) is 5.10 Å². The van der Waals surface area contributed by atoms with Crippen LogP contribution in [-0.4, -0.2) is 10.0 Å². The number of benzene rings is 1. The topological polar surface area (TPSA) is 43.8 Å². The monoisotopic (exact) mass is 151 g/mol. The lowest BCUT2D eigenvalue weighted by Crippen LogP contribution is -1.84. The summed E-state index contributed by atoms with van der Waals surface area (Å²) in [5, 5.41) is 4.15. The van der Waals surface area contributed by atoms with Gasteiger partial charge in [0, 0.05) is 11.1 Å². The van der Waals surface area contributed by atoms with Crippen LogP contribution in [0, 0.1) is 0 Å². The van der Waals surface area contributed by atoms with Gasteiger partial charge >= 0.3 is 0 Å². The Balaban J connectivity index is 2.86. The molecule has 0 saturated heterocycles. The van der Waals surface area contributed by atoms with Crippen molar-refractivity contribution in [3.8, 4) is 0 Å². The number of nitrogens with two attached hydrogens (primary N) is 1. The molecule has 0 saturated carbocycles. The van der Waals surface area contributed by atoms with Crippen molar-refractivity contribution >= 4 is 16.6 Å². The van der Waals surface area contributed by atoms with E-state index in [1.165, 1.54) is 6.20 Å². The zero-order valence-electron chi connectivity index (χ0n) is 5.66. The third-order valence-electron chi connectivity index (χ3n) is 1.55. The molecule has 2 aromatic rings. The van der Waals surface area contributed by atoms with Gasteiger partial charge in [-0.15, -0.1) is 5.10 Å². The Morgan fingerprint density at radius 2 is 2.27 bits per heavy atom. The van der Waals surface area contributed by atoms with Crippen LogP contribution >= 0.6 is 0 Å². The third-order valence-corrected chi connectivity index (χ3v) is 1.55. The molecule has 0 bridgehead atoms. The molecule has 0 radical (unpaired) electrons. The molecular formula is C7H6FN3. The Morgan fingerprint density at radius 1 is 1.45 bits per heavy atom. The van der Waals surface area contributed by atoms with Gasteiger partial charge in [0.1, 0.15) is 5.52 Å². The van der Waals surface area contributed by atoms with Crippen LogP contribution < -0.4 is 5.73 Å². The van der Waals surface area contributed by atoms with Crippen LogP contribution in [0.5, 0.6) is 0 Å². The summed E-state index contributed by atoms with van der Waals surface area (Å²) in [7, 11) is 0. The van der Waals surface area contributed by atoms with Gasteiger partial charge in [-0.1, -0.05) is 9.39 Å². The number of aromatic nitrogens is 2. The molecule has 1 aromatic heterocycles. The number of nitrogens with zero attached hydrogens (tertiary/aromatic N) is 2. The van der Waals surface area contributed by atoms with Gasteiger partial charge in [0.2, 0.25) is 0 Å². The molecule has 0 amide bonds. The highest BCUT2D eigenvalue weighted by molar-refractivity contribution is 5.81. The summed E-state index contributed by atoms with van der Waals surface area (Å²) in [6, 6.07) is 4.91. The molecule has 0 aliphatic rings. The van der Waals surface area contributed by atoms with Crippen molar-refractivity contribution in [3.05, 3.63) is 24.4 Å². The van der Waals surface area contributed by atoms with E-state index in [0.29, 0.717) is 21.5 Å². The van der Waals surface area contributed by atoms with Gasteiger partial charge in [-0.2, -0.15) is 0 Å². The molecule has 3 nitrogen and oxygen atoms in total. The van der Waals surface area contributed by atoms with Crippen LogP contribution in [0.4, 0.5) is 10.2 Å². The van der Waals surface area contributed by atoms with Crippen LogP contribution in [0.25, 0.3) is 10.9 Å². The average molecular weight is 151 g/mol. The van der Waals surface area contributed by atoms with Crippen molar-refractivity contribution in [2.75, 3.05) is 5.73 Å². The summed E-state index contributed by atoms with van der Waals surface area (Å²) in [5.74, 6) is 0. The van der Waals surface area contributed by atoms with Gasteiger partial charge in [0.05, 0.1) is 6.20 Å². The maximum atomic E-state index is 12.6. The molecule has 0 fully saturated rings. The van der Waals surface area contributed by atoms with Gasteiger partial charge in [-0.3, -0.25) is 0 Å². The number of anilines is 1. The average Bonchev–Trinajstić information content (AvgIpc) is 2.32. The molecule has 11 heavy (non-hydrogen) atoms. The summed E-state index contributed by atoms with van der Waals surface area (Å²) in [4.78, 5) is 0.328. The first-order chi connectivity index (χ1) is 5.27. The fourth-order valence-electron chi connectivity index (χ4n) is 1.02. The number of fused-ring (bicyclic) bond motifs is 1. The second-order valence-electron chi connectivity index (χ2n) is 2.32. The van der Waals surface area contributed by atoms with Crippen LogP contribution in [0.2, 0.25) is 0 Å². The molecule has 1 aromatic carbocycles. The van der Waals surface area contributed by atoms with Crippen molar-refractivity contribution in [2.45, 2.75) is 0 Å². The zero-order valence-corrected chi connectivity index (χ0v) is 5.66. The first-order valence-electron chi connectivity index (χ1n) is 3.17. The summed E-state index contributed by atoms with van der Waals surface area (Å²) in [6.45, 7) is 0. The lowest BCUT2D eigenvalue weighted by molar-refractivity contribution is 0.332. The molecule has 1 heterocycles. The standard InChI is InChI=1S/C7H6FN3/c8-11-7-2-1-6(9)3-5(7)4-10-11/h1-4H,9H2. The van der Waals surface area contributed by atoms with E-state index in [-0.39, 0.29) is 0 Å². The summed E-state index contributed by atoms with van der Waals surface area (Å²) in [6.07, 6.45) is 1.44. The Bertz CT molecular complexity index is 393. The van der Waals surface area contributed by atoms with E-state index in [9.17, 15) is 4.48 Å². The lowest BCUT2D eigenvalue weighted by atomic mass is 10.2. The maximum Gasteiger partial charge on any atom is 0.104 e. The van der Waals surface area contributed by atoms with Crippen molar-refractivity contribution in [3.63, 3.8) is 0 Å². The number of halogens is 1. The van der Waals surface area contributed by atoms with E-state index < -0.39 is 0 Å². The van der Waals surface area contributed by atoms with Gasteiger partial charge < -0.3 is 5.73 Å². The number of hydrogen-bond donors (Lipinski definition) is 1. The quantitative estimate of drug-likeness (QED) is 0.577. The minimum absolute atomic E-state index is 0.328. The van der Waals surface area contributed by atoms with Gasteiger partial charge in [0.15, 0.2) is 0 Å².